The Morgan fingerprint density at radius 2 is 2.00 bits per heavy atom. The predicted octanol–water partition coefficient (Wildman–Crippen LogP) is 1.03. The summed E-state index contributed by atoms with van der Waals surface area (Å²) in [6, 6.07) is 0. The minimum Gasteiger partial charge on any atom is -0.368 e. The minimum absolute atomic E-state index is 0.0356. The van der Waals surface area contributed by atoms with E-state index in [1.807, 2.05) is 0 Å². The third kappa shape index (κ3) is 4.02. The van der Waals surface area contributed by atoms with Gasteiger partial charge in [-0.15, -0.1) is 0 Å². The molecule has 19 heavy (non-hydrogen) atoms. The number of nitrogens with one attached hydrogen (secondary N) is 1. The van der Waals surface area contributed by atoms with E-state index < -0.39 is 4.92 Å². The molecule has 1 rings (SSSR count). The number of nitrogens with zero attached hydrogens (tertiary/aromatic N) is 4. The van der Waals surface area contributed by atoms with Gasteiger partial charge in [-0.05, 0) is 20.0 Å². The molecule has 0 spiro atoms. The molecule has 0 aliphatic rings. The third-order valence-electron chi connectivity index (χ3n) is 2.87. The monoisotopic (exact) mass is 268 g/mol. The van der Waals surface area contributed by atoms with E-state index in [9.17, 15) is 10.1 Å². The smallest absolute Gasteiger partial charge is 0.332 e. The van der Waals surface area contributed by atoms with Gasteiger partial charge in [0.2, 0.25) is 11.8 Å². The van der Waals surface area contributed by atoms with Crippen molar-refractivity contribution in [3.8, 4) is 0 Å². The Hall–Kier alpha value is -1.96. The van der Waals surface area contributed by atoms with Crippen LogP contribution in [0.25, 0.3) is 0 Å². The molecule has 0 unspecified atom stereocenters. The second kappa shape index (κ2) is 6.83. The van der Waals surface area contributed by atoms with Crippen molar-refractivity contribution in [3.63, 3.8) is 0 Å². The summed E-state index contributed by atoms with van der Waals surface area (Å²) in [5.41, 5.74) is 5.67. The SMILES string of the molecule is CCN(CC)CCNc1nc(N)nc(C)c1[N+](=O)[O-]. The molecule has 106 valence electrons. The van der Waals surface area contributed by atoms with Crippen molar-refractivity contribution in [2.24, 2.45) is 0 Å². The standard InChI is InChI=1S/C11H20N6O2/c1-4-16(5-2)7-6-13-10-9(17(18)19)8(3)14-11(12)15-10/h4-7H2,1-3H3,(H3,12,13,14,15). The zero-order chi connectivity index (χ0) is 14.4. The molecule has 0 aliphatic heterocycles. The fourth-order valence-electron chi connectivity index (χ4n) is 1.80. The van der Waals surface area contributed by atoms with Gasteiger partial charge in [0.05, 0.1) is 4.92 Å². The van der Waals surface area contributed by atoms with E-state index in [0.717, 1.165) is 19.6 Å². The van der Waals surface area contributed by atoms with E-state index in [4.69, 9.17) is 5.73 Å². The summed E-state index contributed by atoms with van der Waals surface area (Å²) < 4.78 is 0. The van der Waals surface area contributed by atoms with E-state index in [0.29, 0.717) is 6.54 Å². The Balaban J connectivity index is 2.80. The van der Waals surface area contributed by atoms with Gasteiger partial charge >= 0.3 is 5.69 Å². The van der Waals surface area contributed by atoms with Gasteiger partial charge in [-0.1, -0.05) is 13.8 Å². The highest BCUT2D eigenvalue weighted by molar-refractivity contribution is 5.60. The highest BCUT2D eigenvalue weighted by Gasteiger charge is 2.21. The zero-order valence-corrected chi connectivity index (χ0v) is 11.5. The van der Waals surface area contributed by atoms with Gasteiger partial charge in [-0.3, -0.25) is 10.1 Å². The Labute approximate surface area is 112 Å². The molecule has 8 heteroatoms. The van der Waals surface area contributed by atoms with Gasteiger partial charge in [-0.2, -0.15) is 4.98 Å². The average molecular weight is 268 g/mol. The summed E-state index contributed by atoms with van der Waals surface area (Å²) in [7, 11) is 0. The normalized spacial score (nSPS) is 10.7. The molecular formula is C11H20N6O2. The molecule has 3 N–H and O–H groups in total. The van der Waals surface area contributed by atoms with Gasteiger partial charge < -0.3 is 16.0 Å². The molecule has 0 saturated heterocycles. The Morgan fingerprint density at radius 3 is 2.53 bits per heavy atom. The summed E-state index contributed by atoms with van der Waals surface area (Å²) in [6.07, 6.45) is 0. The molecule has 1 heterocycles. The van der Waals surface area contributed by atoms with Crippen LogP contribution in [0.5, 0.6) is 0 Å². The van der Waals surface area contributed by atoms with E-state index in [-0.39, 0.29) is 23.1 Å². The number of likely N-dealkylation sites (N-methyl/N-ethyl adjacent to an activating group) is 1. The lowest BCUT2D eigenvalue weighted by atomic mass is 10.3. The number of hydrogen-bond acceptors (Lipinski definition) is 7. The van der Waals surface area contributed by atoms with Crippen LogP contribution < -0.4 is 11.1 Å². The van der Waals surface area contributed by atoms with Crippen molar-refractivity contribution in [1.29, 1.82) is 0 Å². The summed E-state index contributed by atoms with van der Waals surface area (Å²) >= 11 is 0. The molecule has 0 atom stereocenters. The van der Waals surface area contributed by atoms with Crippen molar-refractivity contribution in [2.45, 2.75) is 20.8 Å². The predicted molar refractivity (Wildman–Crippen MR) is 74.1 cm³/mol. The fraction of sp³-hybridized carbons (Fsp3) is 0.636. The Morgan fingerprint density at radius 1 is 1.37 bits per heavy atom. The Kier molecular flexibility index (Phi) is 5.43. The van der Waals surface area contributed by atoms with Crippen LogP contribution in [-0.4, -0.2) is 46.0 Å². The summed E-state index contributed by atoms with van der Waals surface area (Å²) in [4.78, 5) is 20.4. The molecular weight excluding hydrogens is 248 g/mol. The summed E-state index contributed by atoms with van der Waals surface area (Å²) in [6.45, 7) is 8.91. The number of nitrogen functional groups attached to an aromatic ring is 1. The largest absolute Gasteiger partial charge is 0.368 e. The molecule has 1 aromatic heterocycles. The molecule has 1 aromatic rings. The average Bonchev–Trinajstić information content (AvgIpc) is 2.33. The number of nitrogens with two attached hydrogens (primary N) is 1. The summed E-state index contributed by atoms with van der Waals surface area (Å²) in [5.74, 6) is 0.218. The van der Waals surface area contributed by atoms with Crippen LogP contribution in [0, 0.1) is 17.0 Å². The van der Waals surface area contributed by atoms with Crippen molar-refractivity contribution >= 4 is 17.5 Å². The van der Waals surface area contributed by atoms with Gasteiger partial charge in [0.15, 0.2) is 0 Å². The minimum atomic E-state index is -0.492. The first-order chi connectivity index (χ1) is 8.99. The maximum Gasteiger partial charge on any atom is 0.332 e. The van der Waals surface area contributed by atoms with Crippen LogP contribution in [0.1, 0.15) is 19.5 Å². The van der Waals surface area contributed by atoms with Gasteiger partial charge in [-0.25, -0.2) is 4.98 Å². The molecule has 8 nitrogen and oxygen atoms in total. The zero-order valence-electron chi connectivity index (χ0n) is 11.5. The second-order valence-corrected chi connectivity index (χ2v) is 4.08. The van der Waals surface area contributed by atoms with Crippen LogP contribution >= 0.6 is 0 Å². The third-order valence-corrected chi connectivity index (χ3v) is 2.87. The quantitative estimate of drug-likeness (QED) is 0.561. The first kappa shape index (κ1) is 15.1. The second-order valence-electron chi connectivity index (χ2n) is 4.08. The molecule has 0 amide bonds. The number of nitro groups is 1. The lowest BCUT2D eigenvalue weighted by Gasteiger charge is -2.18. The van der Waals surface area contributed by atoms with E-state index in [1.165, 1.54) is 0 Å². The van der Waals surface area contributed by atoms with Gasteiger partial charge in [0, 0.05) is 13.1 Å². The first-order valence-electron chi connectivity index (χ1n) is 6.24. The molecule has 0 aromatic carbocycles. The molecule has 0 fully saturated rings. The van der Waals surface area contributed by atoms with Gasteiger partial charge in [0.25, 0.3) is 0 Å². The van der Waals surface area contributed by atoms with Crippen molar-refractivity contribution in [2.75, 3.05) is 37.2 Å². The van der Waals surface area contributed by atoms with Crippen molar-refractivity contribution in [3.05, 3.63) is 15.8 Å². The van der Waals surface area contributed by atoms with E-state index in [2.05, 4.69) is 34.0 Å². The number of rotatable bonds is 7. The fourth-order valence-corrected chi connectivity index (χ4v) is 1.80. The lowest BCUT2D eigenvalue weighted by molar-refractivity contribution is -0.385. The van der Waals surface area contributed by atoms with Crippen molar-refractivity contribution < 1.29 is 4.92 Å². The number of aromatic nitrogens is 2. The molecule has 0 bridgehead atoms. The van der Waals surface area contributed by atoms with Crippen LogP contribution in [0.15, 0.2) is 0 Å². The number of hydrogen-bond donors (Lipinski definition) is 2. The Bertz CT molecular complexity index is 447. The highest BCUT2D eigenvalue weighted by Crippen LogP contribution is 2.25. The highest BCUT2D eigenvalue weighted by atomic mass is 16.6. The van der Waals surface area contributed by atoms with Crippen LogP contribution in [0.2, 0.25) is 0 Å². The maximum atomic E-state index is 11.0. The van der Waals surface area contributed by atoms with Crippen LogP contribution in [-0.2, 0) is 0 Å². The van der Waals surface area contributed by atoms with Crippen molar-refractivity contribution in [1.82, 2.24) is 14.9 Å². The number of aryl methyl sites for hydroxylation is 1. The number of anilines is 2. The molecule has 0 saturated carbocycles. The van der Waals surface area contributed by atoms with Crippen LogP contribution in [0.3, 0.4) is 0 Å². The first-order valence-corrected chi connectivity index (χ1v) is 6.24. The summed E-state index contributed by atoms with van der Waals surface area (Å²) in [5, 5.41) is 14.0. The van der Waals surface area contributed by atoms with E-state index >= 15 is 0 Å². The topological polar surface area (TPSA) is 110 Å². The van der Waals surface area contributed by atoms with Gasteiger partial charge in [0.1, 0.15) is 5.69 Å². The maximum absolute atomic E-state index is 11.0. The van der Waals surface area contributed by atoms with Crippen LogP contribution in [0.4, 0.5) is 17.5 Å². The molecule has 0 aliphatic carbocycles. The lowest BCUT2D eigenvalue weighted by Crippen LogP contribution is -2.29. The molecule has 0 radical (unpaired) electrons. The van der Waals surface area contributed by atoms with E-state index in [1.54, 1.807) is 6.92 Å².